The molecule has 0 rings (SSSR count). The summed E-state index contributed by atoms with van der Waals surface area (Å²) in [7, 11) is 0. The van der Waals surface area contributed by atoms with Crippen molar-refractivity contribution in [2.24, 2.45) is 4.99 Å². The van der Waals surface area contributed by atoms with Crippen molar-refractivity contribution >= 4 is 6.08 Å². The SMILES string of the molecule is C/C=C(\C=C/[I-]C)N=C=O. The molecule has 0 saturated carbocycles. The fourth-order valence-corrected chi connectivity index (χ4v) is 1.11. The molecule has 56 valence electrons. The van der Waals surface area contributed by atoms with Crippen LogP contribution in [0.15, 0.2) is 26.9 Å². The number of nitrogens with zero attached hydrogens (tertiary/aromatic N) is 1. The van der Waals surface area contributed by atoms with Gasteiger partial charge in [0, 0.05) is 0 Å². The van der Waals surface area contributed by atoms with E-state index in [1.807, 2.05) is 13.0 Å². The van der Waals surface area contributed by atoms with Gasteiger partial charge in [-0.25, -0.2) is 0 Å². The van der Waals surface area contributed by atoms with Crippen LogP contribution in [0.25, 0.3) is 0 Å². The van der Waals surface area contributed by atoms with Crippen molar-refractivity contribution in [2.75, 3.05) is 4.93 Å². The molecule has 0 spiro atoms. The molecule has 0 aliphatic carbocycles. The zero-order chi connectivity index (χ0) is 7.82. The van der Waals surface area contributed by atoms with E-state index in [0.717, 1.165) is 0 Å². The first-order valence-electron chi connectivity index (χ1n) is 2.74. The number of hydrogen-bond donors (Lipinski definition) is 0. The van der Waals surface area contributed by atoms with Gasteiger partial charge in [-0.3, -0.25) is 0 Å². The quantitative estimate of drug-likeness (QED) is 0.196. The number of allylic oxidation sites excluding steroid dienone is 2. The molecule has 0 heterocycles. The van der Waals surface area contributed by atoms with Crippen LogP contribution >= 0.6 is 0 Å². The van der Waals surface area contributed by atoms with Gasteiger partial charge >= 0.3 is 70.9 Å². The first kappa shape index (κ1) is 9.59. The van der Waals surface area contributed by atoms with Crippen molar-refractivity contribution < 1.29 is 26.0 Å². The molecule has 0 aliphatic rings. The van der Waals surface area contributed by atoms with Crippen LogP contribution in [-0.2, 0) is 4.79 Å². The average Bonchev–Trinajstić information content (AvgIpc) is 1.98. The average molecular weight is 250 g/mol. The summed E-state index contributed by atoms with van der Waals surface area (Å²) in [6, 6.07) is 0. The predicted octanol–water partition coefficient (Wildman–Crippen LogP) is -1.54. The van der Waals surface area contributed by atoms with E-state index >= 15 is 0 Å². The first-order valence-corrected chi connectivity index (χ1v) is 6.14. The van der Waals surface area contributed by atoms with Crippen LogP contribution in [0.4, 0.5) is 0 Å². The Balaban J connectivity index is 4.10. The fourth-order valence-electron chi connectivity index (χ4n) is 0.378. The van der Waals surface area contributed by atoms with Crippen molar-refractivity contribution in [3.63, 3.8) is 0 Å². The van der Waals surface area contributed by atoms with E-state index < -0.39 is 0 Å². The molecule has 0 atom stereocenters. The van der Waals surface area contributed by atoms with Crippen LogP contribution in [0.1, 0.15) is 6.92 Å². The standard InChI is InChI=1S/C7H9INO/c1-3-7(9-6-10)4-5-8-2/h3-5H,1-2H3/q-1/b5-4-,7-3+. The second kappa shape index (κ2) is 6.71. The summed E-state index contributed by atoms with van der Waals surface area (Å²) in [5.74, 6) is 0. The molecule has 0 unspecified atom stereocenters. The minimum absolute atomic E-state index is 0.145. The van der Waals surface area contributed by atoms with E-state index in [1.54, 1.807) is 6.08 Å². The Labute approximate surface area is 71.0 Å². The van der Waals surface area contributed by atoms with E-state index in [-0.39, 0.29) is 21.2 Å². The number of alkyl halides is 1. The molecule has 0 amide bonds. The third-order valence-corrected chi connectivity index (χ3v) is 1.91. The Kier molecular flexibility index (Phi) is 6.43. The van der Waals surface area contributed by atoms with Crippen molar-refractivity contribution in [3.8, 4) is 0 Å². The third kappa shape index (κ3) is 4.47. The van der Waals surface area contributed by atoms with Gasteiger partial charge in [0.25, 0.3) is 0 Å². The van der Waals surface area contributed by atoms with E-state index in [4.69, 9.17) is 0 Å². The van der Waals surface area contributed by atoms with E-state index in [0.29, 0.717) is 5.70 Å². The monoisotopic (exact) mass is 250 g/mol. The number of halogens is 1. The molecule has 2 nitrogen and oxygen atoms in total. The van der Waals surface area contributed by atoms with Crippen molar-refractivity contribution in [3.05, 3.63) is 21.9 Å². The van der Waals surface area contributed by atoms with Gasteiger partial charge in [-0.1, -0.05) is 0 Å². The normalized spacial score (nSPS) is 12.0. The van der Waals surface area contributed by atoms with Crippen LogP contribution < -0.4 is 21.2 Å². The molecular formula is C7H9INO-. The molecule has 10 heavy (non-hydrogen) atoms. The van der Waals surface area contributed by atoms with Crippen molar-refractivity contribution in [2.45, 2.75) is 6.92 Å². The third-order valence-electron chi connectivity index (χ3n) is 0.830. The van der Waals surface area contributed by atoms with Gasteiger partial charge in [-0.2, -0.15) is 0 Å². The molecule has 0 N–H and O–H groups in total. The second-order valence-electron chi connectivity index (χ2n) is 1.43. The van der Waals surface area contributed by atoms with Crippen molar-refractivity contribution in [1.82, 2.24) is 0 Å². The summed E-state index contributed by atoms with van der Waals surface area (Å²) in [6.45, 7) is 1.84. The molecule has 3 heteroatoms. The summed E-state index contributed by atoms with van der Waals surface area (Å²) in [6.07, 6.45) is 5.12. The summed E-state index contributed by atoms with van der Waals surface area (Å²) < 4.78 is 2.05. The molecule has 0 saturated heterocycles. The van der Waals surface area contributed by atoms with Gasteiger partial charge < -0.3 is 0 Å². The van der Waals surface area contributed by atoms with E-state index in [9.17, 15) is 4.79 Å². The molecule has 0 aliphatic heterocycles. The first-order chi connectivity index (χ1) is 4.85. The number of carbonyl (C=O) groups excluding carboxylic acids is 1. The topological polar surface area (TPSA) is 29.4 Å². The summed E-state index contributed by atoms with van der Waals surface area (Å²) in [4.78, 5) is 15.4. The van der Waals surface area contributed by atoms with Gasteiger partial charge in [0.05, 0.1) is 0 Å². The van der Waals surface area contributed by atoms with E-state index in [1.165, 1.54) is 6.08 Å². The maximum atomic E-state index is 9.78. The number of aliphatic imine (C=N–C) groups is 1. The Morgan fingerprint density at radius 2 is 2.40 bits per heavy atom. The Morgan fingerprint density at radius 3 is 2.80 bits per heavy atom. The number of hydrogen-bond acceptors (Lipinski definition) is 2. The number of rotatable bonds is 3. The molecular weight excluding hydrogens is 241 g/mol. The molecule has 0 fully saturated rings. The van der Waals surface area contributed by atoms with Gasteiger partial charge in [-0.15, -0.1) is 0 Å². The summed E-state index contributed by atoms with van der Waals surface area (Å²) in [5, 5.41) is 0. The summed E-state index contributed by atoms with van der Waals surface area (Å²) >= 11 is 0.145. The summed E-state index contributed by atoms with van der Waals surface area (Å²) in [5.41, 5.74) is 0.691. The number of isocyanates is 1. The zero-order valence-corrected chi connectivity index (χ0v) is 8.12. The van der Waals surface area contributed by atoms with E-state index in [2.05, 4.69) is 14.0 Å². The minimum atomic E-state index is 0.145. The van der Waals surface area contributed by atoms with Gasteiger partial charge in [-0.05, 0) is 0 Å². The Hall–Kier alpha value is -0.410. The molecule has 0 bridgehead atoms. The van der Waals surface area contributed by atoms with Gasteiger partial charge in [0.15, 0.2) is 0 Å². The van der Waals surface area contributed by atoms with Crippen LogP contribution in [0.2, 0.25) is 0 Å². The second-order valence-corrected chi connectivity index (χ2v) is 3.39. The zero-order valence-electron chi connectivity index (χ0n) is 5.97. The Morgan fingerprint density at radius 1 is 1.70 bits per heavy atom. The molecule has 0 aromatic carbocycles. The maximum absolute atomic E-state index is 9.78. The molecule has 0 aromatic rings. The van der Waals surface area contributed by atoms with Gasteiger partial charge in [0.2, 0.25) is 0 Å². The van der Waals surface area contributed by atoms with Crippen LogP contribution in [0.3, 0.4) is 0 Å². The molecule has 0 aromatic heterocycles. The van der Waals surface area contributed by atoms with Crippen LogP contribution in [0.5, 0.6) is 0 Å². The van der Waals surface area contributed by atoms with Crippen molar-refractivity contribution in [1.29, 1.82) is 0 Å². The van der Waals surface area contributed by atoms with Gasteiger partial charge in [0.1, 0.15) is 0 Å². The predicted molar refractivity (Wildman–Crippen MR) is 36.9 cm³/mol. The van der Waals surface area contributed by atoms with Crippen LogP contribution in [-0.4, -0.2) is 11.0 Å². The fraction of sp³-hybridized carbons (Fsp3) is 0.286. The van der Waals surface area contributed by atoms with Crippen LogP contribution in [0, 0.1) is 0 Å². The Bertz CT molecular complexity index is 190. The molecule has 0 radical (unpaired) electrons.